The zero-order valence-corrected chi connectivity index (χ0v) is 12.6. The van der Waals surface area contributed by atoms with Crippen molar-refractivity contribution in [3.63, 3.8) is 0 Å². The molecule has 0 radical (unpaired) electrons. The van der Waals surface area contributed by atoms with E-state index in [1.165, 1.54) is 0 Å². The molecule has 0 fully saturated rings. The summed E-state index contributed by atoms with van der Waals surface area (Å²) in [5.41, 5.74) is 2.08. The molecule has 0 bridgehead atoms. The summed E-state index contributed by atoms with van der Waals surface area (Å²) in [7, 11) is 1.66. The number of hydrogen-bond acceptors (Lipinski definition) is 4. The molecule has 0 heterocycles. The van der Waals surface area contributed by atoms with E-state index in [2.05, 4.69) is 11.8 Å². The first-order valence-corrected chi connectivity index (χ1v) is 7.20. The molecule has 0 spiro atoms. The van der Waals surface area contributed by atoms with Gasteiger partial charge in [0.1, 0.15) is 0 Å². The topological polar surface area (TPSA) is 47.9 Å². The maximum atomic E-state index is 8.66. The van der Waals surface area contributed by atoms with Crippen molar-refractivity contribution < 1.29 is 19.3 Å². The van der Waals surface area contributed by atoms with Gasteiger partial charge in [-0.25, -0.2) is 0 Å². The lowest BCUT2D eigenvalue weighted by Crippen LogP contribution is -2.05. The van der Waals surface area contributed by atoms with E-state index in [1.54, 1.807) is 7.11 Å². The minimum absolute atomic E-state index is 0.105. The van der Waals surface area contributed by atoms with E-state index >= 15 is 0 Å². The van der Waals surface area contributed by atoms with Crippen molar-refractivity contribution in [1.29, 1.82) is 0 Å². The first-order chi connectivity index (χ1) is 10.4. The van der Waals surface area contributed by atoms with Crippen LogP contribution in [0, 0.1) is 11.8 Å². The molecule has 0 unspecified atom stereocenters. The highest BCUT2D eigenvalue weighted by atomic mass is 16.5. The second-order valence-electron chi connectivity index (χ2n) is 4.48. The highest BCUT2D eigenvalue weighted by Crippen LogP contribution is 2.05. The predicted octanol–water partition coefficient (Wildman–Crippen LogP) is 1.99. The molecular formula is C17H24O4. The Balaban J connectivity index is 2.11. The summed E-state index contributed by atoms with van der Waals surface area (Å²) in [4.78, 5) is 0. The van der Waals surface area contributed by atoms with E-state index in [4.69, 9.17) is 19.3 Å². The van der Waals surface area contributed by atoms with E-state index in [-0.39, 0.29) is 6.61 Å². The van der Waals surface area contributed by atoms with Crippen molar-refractivity contribution in [2.45, 2.75) is 19.4 Å². The summed E-state index contributed by atoms with van der Waals surface area (Å²) >= 11 is 0. The Morgan fingerprint density at radius 1 is 1.00 bits per heavy atom. The molecule has 0 atom stereocenters. The van der Waals surface area contributed by atoms with Gasteiger partial charge in [0.15, 0.2) is 0 Å². The normalized spacial score (nSPS) is 10.2. The standard InChI is InChI=1S/C17H24O4/c1-19-13-14-20-11-4-12-21-15-17-8-6-16(7-9-17)5-2-3-10-18/h6-9,18H,3-4,10-15H2,1H3. The summed E-state index contributed by atoms with van der Waals surface area (Å²) in [5.74, 6) is 5.89. The fraction of sp³-hybridized carbons (Fsp3) is 0.529. The largest absolute Gasteiger partial charge is 0.395 e. The lowest BCUT2D eigenvalue weighted by molar-refractivity contribution is 0.0483. The minimum Gasteiger partial charge on any atom is -0.395 e. The van der Waals surface area contributed by atoms with Crippen LogP contribution in [0.5, 0.6) is 0 Å². The van der Waals surface area contributed by atoms with Gasteiger partial charge >= 0.3 is 0 Å². The molecule has 0 aliphatic rings. The van der Waals surface area contributed by atoms with E-state index in [0.29, 0.717) is 39.5 Å². The monoisotopic (exact) mass is 292 g/mol. The Bertz CT molecular complexity index is 417. The molecule has 116 valence electrons. The number of rotatable bonds is 10. The Labute approximate surface area is 127 Å². The molecule has 1 N–H and O–H groups in total. The van der Waals surface area contributed by atoms with Crippen molar-refractivity contribution >= 4 is 0 Å². The number of hydrogen-bond donors (Lipinski definition) is 1. The molecule has 0 saturated carbocycles. The lowest BCUT2D eigenvalue weighted by Gasteiger charge is -2.05. The number of aliphatic hydroxyl groups is 1. The molecule has 0 amide bonds. The average molecular weight is 292 g/mol. The fourth-order valence-electron chi connectivity index (χ4n) is 1.60. The fourth-order valence-corrected chi connectivity index (χ4v) is 1.60. The average Bonchev–Trinajstić information content (AvgIpc) is 2.52. The van der Waals surface area contributed by atoms with Crippen LogP contribution in [0.25, 0.3) is 0 Å². The number of ether oxygens (including phenoxy) is 3. The van der Waals surface area contributed by atoms with Crippen LogP contribution in [-0.2, 0) is 20.8 Å². The van der Waals surface area contributed by atoms with Gasteiger partial charge in [-0.1, -0.05) is 24.0 Å². The molecule has 21 heavy (non-hydrogen) atoms. The summed E-state index contributed by atoms with van der Waals surface area (Å²) in [5, 5.41) is 8.66. The maximum Gasteiger partial charge on any atom is 0.0716 e. The van der Waals surface area contributed by atoms with Crippen molar-refractivity contribution in [2.75, 3.05) is 40.1 Å². The number of aliphatic hydroxyl groups excluding tert-OH is 1. The van der Waals surface area contributed by atoms with Gasteiger partial charge in [-0.05, 0) is 24.1 Å². The maximum absolute atomic E-state index is 8.66. The molecule has 0 saturated heterocycles. The van der Waals surface area contributed by atoms with Crippen LogP contribution < -0.4 is 0 Å². The van der Waals surface area contributed by atoms with Crippen molar-refractivity contribution in [1.82, 2.24) is 0 Å². The van der Waals surface area contributed by atoms with E-state index in [0.717, 1.165) is 17.5 Å². The first-order valence-electron chi connectivity index (χ1n) is 7.20. The number of benzene rings is 1. The quantitative estimate of drug-likeness (QED) is 0.529. The Morgan fingerprint density at radius 2 is 1.76 bits per heavy atom. The molecule has 0 aliphatic heterocycles. The Hall–Kier alpha value is -1.38. The number of methoxy groups -OCH3 is 1. The van der Waals surface area contributed by atoms with Crippen molar-refractivity contribution in [2.24, 2.45) is 0 Å². The predicted molar refractivity (Wildman–Crippen MR) is 82.0 cm³/mol. The van der Waals surface area contributed by atoms with E-state index in [9.17, 15) is 0 Å². The second-order valence-corrected chi connectivity index (χ2v) is 4.48. The molecule has 1 aromatic carbocycles. The van der Waals surface area contributed by atoms with Gasteiger partial charge in [0, 0.05) is 32.3 Å². The molecule has 1 aromatic rings. The van der Waals surface area contributed by atoms with Crippen molar-refractivity contribution in [3.05, 3.63) is 35.4 Å². The van der Waals surface area contributed by atoms with Crippen LogP contribution in [0.4, 0.5) is 0 Å². The van der Waals surface area contributed by atoms with Crippen LogP contribution >= 0.6 is 0 Å². The zero-order chi connectivity index (χ0) is 15.2. The van der Waals surface area contributed by atoms with Crippen molar-refractivity contribution in [3.8, 4) is 11.8 Å². The second kappa shape index (κ2) is 12.4. The molecule has 1 rings (SSSR count). The third kappa shape index (κ3) is 9.22. The van der Waals surface area contributed by atoms with Crippen LogP contribution in [0.15, 0.2) is 24.3 Å². The summed E-state index contributed by atoms with van der Waals surface area (Å²) in [6.45, 7) is 3.36. The van der Waals surface area contributed by atoms with Gasteiger partial charge in [0.05, 0.1) is 26.4 Å². The van der Waals surface area contributed by atoms with E-state index in [1.807, 2.05) is 24.3 Å². The van der Waals surface area contributed by atoms with Gasteiger partial charge in [-0.15, -0.1) is 0 Å². The minimum atomic E-state index is 0.105. The SMILES string of the molecule is COCCOCCCOCc1ccc(C#CCCO)cc1. The van der Waals surface area contributed by atoms with Crippen LogP contribution in [-0.4, -0.2) is 45.3 Å². The van der Waals surface area contributed by atoms with E-state index < -0.39 is 0 Å². The zero-order valence-electron chi connectivity index (χ0n) is 12.6. The highest BCUT2D eigenvalue weighted by molar-refractivity contribution is 5.35. The van der Waals surface area contributed by atoms with Gasteiger partial charge < -0.3 is 19.3 Å². The Morgan fingerprint density at radius 3 is 2.48 bits per heavy atom. The molecule has 0 aromatic heterocycles. The van der Waals surface area contributed by atoms with Gasteiger partial charge in [0.25, 0.3) is 0 Å². The molecular weight excluding hydrogens is 268 g/mol. The van der Waals surface area contributed by atoms with Gasteiger partial charge in [0.2, 0.25) is 0 Å². The van der Waals surface area contributed by atoms with Crippen LogP contribution in [0.2, 0.25) is 0 Å². The third-order valence-corrected chi connectivity index (χ3v) is 2.70. The lowest BCUT2D eigenvalue weighted by atomic mass is 10.1. The highest BCUT2D eigenvalue weighted by Gasteiger charge is 1.95. The van der Waals surface area contributed by atoms with Crippen LogP contribution in [0.3, 0.4) is 0 Å². The molecule has 4 nitrogen and oxygen atoms in total. The molecule has 0 aliphatic carbocycles. The summed E-state index contributed by atoms with van der Waals surface area (Å²) in [6, 6.07) is 7.96. The Kier molecular flexibility index (Phi) is 10.4. The third-order valence-electron chi connectivity index (χ3n) is 2.70. The smallest absolute Gasteiger partial charge is 0.0716 e. The first kappa shape index (κ1) is 17.7. The summed E-state index contributed by atoms with van der Waals surface area (Å²) < 4.78 is 15.8. The summed E-state index contributed by atoms with van der Waals surface area (Å²) in [6.07, 6.45) is 1.39. The van der Waals surface area contributed by atoms with Crippen LogP contribution in [0.1, 0.15) is 24.0 Å². The van der Waals surface area contributed by atoms with Gasteiger partial charge in [-0.3, -0.25) is 0 Å². The van der Waals surface area contributed by atoms with Gasteiger partial charge in [-0.2, -0.15) is 0 Å². The molecule has 4 heteroatoms.